The molecule has 0 bridgehead atoms. The summed E-state index contributed by atoms with van der Waals surface area (Å²) in [5.41, 5.74) is 6.04. The molecule has 2 amide bonds. The van der Waals surface area contributed by atoms with E-state index in [9.17, 15) is 19.2 Å². The number of carbonyl (C=O) groups excluding carboxylic acids is 2. The lowest BCUT2D eigenvalue weighted by Gasteiger charge is -2.16. The molecule has 0 aliphatic carbocycles. The van der Waals surface area contributed by atoms with E-state index >= 15 is 0 Å². The standard InChI is InChI=1S/C32H41N3O8/c1-19(31(38)39)9-29(36)34-15-22-11-21(27(42-3)13-24(22)17-34)7-5-6-8-33-26-12-23-16-35(18-25(23)14-28(26)43-4)30(37)10-20(2)32(40)41/h11-14,19-20,33H,5-10,15-18H2,1-4H3,(H,38,39)(H,40,41). The Bertz CT molecular complexity index is 1290. The van der Waals surface area contributed by atoms with Crippen LogP contribution >= 0.6 is 0 Å². The smallest absolute Gasteiger partial charge is 0.306 e. The van der Waals surface area contributed by atoms with Gasteiger partial charge in [0, 0.05) is 45.6 Å². The van der Waals surface area contributed by atoms with E-state index in [1.165, 1.54) is 0 Å². The monoisotopic (exact) mass is 595 g/mol. The van der Waals surface area contributed by atoms with Gasteiger partial charge in [0.25, 0.3) is 0 Å². The Morgan fingerprint density at radius 1 is 0.744 bits per heavy atom. The van der Waals surface area contributed by atoms with Crippen molar-refractivity contribution in [2.45, 2.75) is 72.1 Å². The number of carboxylic acid groups (broad SMARTS) is 2. The fourth-order valence-electron chi connectivity index (χ4n) is 5.57. The molecule has 0 fully saturated rings. The van der Waals surface area contributed by atoms with Crippen LogP contribution in [-0.4, -0.2) is 64.5 Å². The van der Waals surface area contributed by atoms with Gasteiger partial charge in [-0.25, -0.2) is 0 Å². The maximum Gasteiger partial charge on any atom is 0.306 e. The maximum atomic E-state index is 12.6. The van der Waals surface area contributed by atoms with E-state index in [0.717, 1.165) is 58.5 Å². The molecule has 2 heterocycles. The first kappa shape index (κ1) is 31.7. The molecule has 3 N–H and O–H groups in total. The van der Waals surface area contributed by atoms with Crippen LogP contribution in [0.15, 0.2) is 24.3 Å². The summed E-state index contributed by atoms with van der Waals surface area (Å²) in [7, 11) is 3.25. The second kappa shape index (κ2) is 13.8. The summed E-state index contributed by atoms with van der Waals surface area (Å²) in [5.74, 6) is -2.24. The van der Waals surface area contributed by atoms with Gasteiger partial charge in [0.1, 0.15) is 11.5 Å². The van der Waals surface area contributed by atoms with Crippen LogP contribution in [0.2, 0.25) is 0 Å². The van der Waals surface area contributed by atoms with Crippen LogP contribution in [0.4, 0.5) is 5.69 Å². The predicted molar refractivity (Wildman–Crippen MR) is 159 cm³/mol. The highest BCUT2D eigenvalue weighted by atomic mass is 16.5. The minimum Gasteiger partial charge on any atom is -0.496 e. The van der Waals surface area contributed by atoms with Crippen molar-refractivity contribution in [3.05, 3.63) is 52.1 Å². The van der Waals surface area contributed by atoms with Gasteiger partial charge in [0.05, 0.1) is 31.7 Å². The molecule has 43 heavy (non-hydrogen) atoms. The van der Waals surface area contributed by atoms with Crippen LogP contribution in [-0.2, 0) is 51.8 Å². The molecule has 0 spiro atoms. The molecule has 0 radical (unpaired) electrons. The number of amides is 2. The Kier molecular flexibility index (Phi) is 10.2. The zero-order valence-corrected chi connectivity index (χ0v) is 25.3. The average molecular weight is 596 g/mol. The highest BCUT2D eigenvalue weighted by molar-refractivity contribution is 5.83. The number of methoxy groups -OCH3 is 2. The van der Waals surface area contributed by atoms with E-state index in [1.54, 1.807) is 37.9 Å². The molecular weight excluding hydrogens is 554 g/mol. The third-order valence-electron chi connectivity index (χ3n) is 8.27. The van der Waals surface area contributed by atoms with Crippen molar-refractivity contribution in [1.82, 2.24) is 9.80 Å². The molecule has 2 atom stereocenters. The van der Waals surface area contributed by atoms with E-state index < -0.39 is 23.8 Å². The Balaban J connectivity index is 1.30. The third kappa shape index (κ3) is 7.57. The van der Waals surface area contributed by atoms with Gasteiger partial charge in [-0.2, -0.15) is 0 Å². The number of anilines is 1. The molecule has 2 unspecified atom stereocenters. The third-order valence-corrected chi connectivity index (χ3v) is 8.27. The highest BCUT2D eigenvalue weighted by Gasteiger charge is 2.29. The summed E-state index contributed by atoms with van der Waals surface area (Å²) in [6.45, 7) is 5.61. The molecule has 2 aromatic carbocycles. The maximum absolute atomic E-state index is 12.6. The first-order chi connectivity index (χ1) is 20.5. The number of carboxylic acids is 2. The van der Waals surface area contributed by atoms with Crippen LogP contribution < -0.4 is 14.8 Å². The van der Waals surface area contributed by atoms with Crippen molar-refractivity contribution in [2.24, 2.45) is 11.8 Å². The number of hydrogen-bond acceptors (Lipinski definition) is 7. The zero-order valence-electron chi connectivity index (χ0n) is 25.3. The highest BCUT2D eigenvalue weighted by Crippen LogP contribution is 2.35. The minimum atomic E-state index is -0.976. The lowest BCUT2D eigenvalue weighted by atomic mass is 10.0. The number of carbonyl (C=O) groups is 4. The largest absolute Gasteiger partial charge is 0.496 e. The van der Waals surface area contributed by atoms with Crippen molar-refractivity contribution in [2.75, 3.05) is 26.1 Å². The molecule has 0 aromatic heterocycles. The Hall–Kier alpha value is -4.28. The number of nitrogens with zero attached hydrogens (tertiary/aromatic N) is 2. The van der Waals surface area contributed by atoms with Crippen LogP contribution in [0.1, 0.15) is 67.3 Å². The first-order valence-corrected chi connectivity index (χ1v) is 14.6. The summed E-state index contributed by atoms with van der Waals surface area (Å²) in [4.78, 5) is 50.9. The molecule has 0 saturated heterocycles. The lowest BCUT2D eigenvalue weighted by Crippen LogP contribution is -2.28. The molecular formula is C32H41N3O8. The van der Waals surface area contributed by atoms with Gasteiger partial charge in [0.2, 0.25) is 11.8 Å². The number of rotatable bonds is 14. The number of hydrogen-bond donors (Lipinski definition) is 3. The van der Waals surface area contributed by atoms with Crippen LogP contribution in [0.3, 0.4) is 0 Å². The number of fused-ring (bicyclic) bond motifs is 2. The molecule has 2 aliphatic heterocycles. The summed E-state index contributed by atoms with van der Waals surface area (Å²) >= 11 is 0. The van der Waals surface area contributed by atoms with Crippen LogP contribution in [0.5, 0.6) is 11.5 Å². The number of aryl methyl sites for hydroxylation is 1. The van der Waals surface area contributed by atoms with Gasteiger partial charge >= 0.3 is 11.9 Å². The Morgan fingerprint density at radius 3 is 1.70 bits per heavy atom. The van der Waals surface area contributed by atoms with Gasteiger partial charge in [-0.05, 0) is 71.3 Å². The molecule has 232 valence electrons. The van der Waals surface area contributed by atoms with Gasteiger partial charge in [-0.15, -0.1) is 0 Å². The lowest BCUT2D eigenvalue weighted by molar-refractivity contribution is -0.145. The molecule has 2 aliphatic rings. The number of nitrogens with one attached hydrogen (secondary N) is 1. The van der Waals surface area contributed by atoms with E-state index in [4.69, 9.17) is 19.7 Å². The number of unbranched alkanes of at least 4 members (excludes halogenated alkanes) is 1. The van der Waals surface area contributed by atoms with Crippen molar-refractivity contribution < 1.29 is 38.9 Å². The van der Waals surface area contributed by atoms with Crippen LogP contribution in [0.25, 0.3) is 0 Å². The first-order valence-electron chi connectivity index (χ1n) is 14.6. The minimum absolute atomic E-state index is 0.0161. The van der Waals surface area contributed by atoms with Crippen molar-refractivity contribution in [3.63, 3.8) is 0 Å². The quantitative estimate of drug-likeness (QED) is 0.275. The van der Waals surface area contributed by atoms with Gasteiger partial charge in [0.15, 0.2) is 0 Å². The summed E-state index contributed by atoms with van der Waals surface area (Å²) in [6.07, 6.45) is 2.55. The predicted octanol–water partition coefficient (Wildman–Crippen LogP) is 4.04. The molecule has 11 heteroatoms. The fourth-order valence-corrected chi connectivity index (χ4v) is 5.57. The van der Waals surface area contributed by atoms with Crippen molar-refractivity contribution >= 4 is 29.4 Å². The van der Waals surface area contributed by atoms with E-state index in [-0.39, 0.29) is 24.7 Å². The fraction of sp³-hybridized carbons (Fsp3) is 0.500. The van der Waals surface area contributed by atoms with E-state index in [2.05, 4.69) is 11.4 Å². The van der Waals surface area contributed by atoms with Crippen molar-refractivity contribution in [1.29, 1.82) is 0 Å². The van der Waals surface area contributed by atoms with Gasteiger partial charge in [-0.1, -0.05) is 13.8 Å². The molecule has 4 rings (SSSR count). The second-order valence-corrected chi connectivity index (χ2v) is 11.5. The van der Waals surface area contributed by atoms with Crippen LogP contribution in [0, 0.1) is 11.8 Å². The summed E-state index contributed by atoms with van der Waals surface area (Å²) in [6, 6.07) is 8.04. The van der Waals surface area contributed by atoms with E-state index in [0.29, 0.717) is 38.5 Å². The number of aliphatic carboxylic acids is 2. The molecule has 0 saturated carbocycles. The second-order valence-electron chi connectivity index (χ2n) is 11.5. The topological polar surface area (TPSA) is 146 Å². The van der Waals surface area contributed by atoms with E-state index in [1.807, 2.05) is 18.2 Å². The summed E-state index contributed by atoms with van der Waals surface area (Å²) < 4.78 is 11.3. The number of benzene rings is 2. The SMILES string of the molecule is COc1cc2c(cc1CCCCNc1cc3c(cc1OC)CN(C(=O)CC(C)C(=O)O)C3)CN(C(=O)CC(C)C(=O)O)C2. The van der Waals surface area contributed by atoms with Gasteiger partial charge < -0.3 is 34.8 Å². The summed E-state index contributed by atoms with van der Waals surface area (Å²) in [5, 5.41) is 21.7. The van der Waals surface area contributed by atoms with Gasteiger partial charge in [-0.3, -0.25) is 19.2 Å². The molecule has 2 aromatic rings. The molecule has 11 nitrogen and oxygen atoms in total. The normalized spacial score (nSPS) is 15.0. The van der Waals surface area contributed by atoms with Crippen molar-refractivity contribution in [3.8, 4) is 11.5 Å². The average Bonchev–Trinajstić information content (AvgIpc) is 3.59. The zero-order chi connectivity index (χ0) is 31.3. The Labute approximate surface area is 251 Å². The number of ether oxygens (including phenoxy) is 2. The Morgan fingerprint density at radius 2 is 1.21 bits per heavy atom.